The van der Waals surface area contributed by atoms with Crippen molar-refractivity contribution in [1.82, 2.24) is 15.1 Å². The summed E-state index contributed by atoms with van der Waals surface area (Å²) in [5, 5.41) is 7.90. The maximum atomic E-state index is 4.63. The maximum absolute atomic E-state index is 4.63. The fourth-order valence-electron chi connectivity index (χ4n) is 2.32. The van der Waals surface area contributed by atoms with Crippen LogP contribution in [0.1, 0.15) is 43.8 Å². The third kappa shape index (κ3) is 2.95. The quantitative estimate of drug-likeness (QED) is 0.609. The predicted molar refractivity (Wildman–Crippen MR) is 66.3 cm³/mol. The Balaban J connectivity index is 1.88. The van der Waals surface area contributed by atoms with E-state index in [0.717, 1.165) is 18.8 Å². The molecule has 2 rings (SSSR count). The molecule has 1 aliphatic rings. The lowest BCUT2D eigenvalue weighted by molar-refractivity contribution is 0.328. The number of aromatic nitrogens is 2. The van der Waals surface area contributed by atoms with E-state index in [1.165, 1.54) is 32.1 Å². The topological polar surface area (TPSA) is 29.9 Å². The van der Waals surface area contributed by atoms with Crippen LogP contribution in [0, 0.1) is 0 Å². The number of hydrogen-bond acceptors (Lipinski definition) is 2. The highest BCUT2D eigenvalue weighted by molar-refractivity contribution is 5.00. The molecule has 0 bridgehead atoms. The summed E-state index contributed by atoms with van der Waals surface area (Å²) in [5.74, 6) is 0. The number of nitrogens with one attached hydrogen (secondary N) is 1. The monoisotopic (exact) mass is 219 g/mol. The Labute approximate surface area is 97.5 Å². The summed E-state index contributed by atoms with van der Waals surface area (Å²) >= 11 is 0. The van der Waals surface area contributed by atoms with E-state index in [0.29, 0.717) is 6.04 Å². The Hall–Kier alpha value is -1.09. The van der Waals surface area contributed by atoms with E-state index in [1.54, 1.807) is 0 Å². The van der Waals surface area contributed by atoms with Crippen LogP contribution in [0.2, 0.25) is 0 Å². The van der Waals surface area contributed by atoms with Crippen molar-refractivity contribution >= 4 is 0 Å². The molecule has 0 aromatic carbocycles. The van der Waals surface area contributed by atoms with E-state index in [9.17, 15) is 0 Å². The molecule has 0 amide bonds. The van der Waals surface area contributed by atoms with E-state index in [1.807, 2.05) is 6.08 Å². The van der Waals surface area contributed by atoms with Gasteiger partial charge in [0.05, 0.1) is 11.7 Å². The van der Waals surface area contributed by atoms with Crippen LogP contribution in [0.5, 0.6) is 0 Å². The molecule has 1 fully saturated rings. The zero-order valence-electron chi connectivity index (χ0n) is 9.86. The second-order valence-corrected chi connectivity index (χ2v) is 4.50. The first-order valence-corrected chi connectivity index (χ1v) is 6.26. The largest absolute Gasteiger partial charge is 0.308 e. The Morgan fingerprint density at radius 3 is 3.00 bits per heavy atom. The molecule has 1 saturated carbocycles. The van der Waals surface area contributed by atoms with Gasteiger partial charge < -0.3 is 5.32 Å². The molecule has 88 valence electrons. The molecule has 0 aliphatic heterocycles. The zero-order valence-corrected chi connectivity index (χ0v) is 9.86. The van der Waals surface area contributed by atoms with Crippen LogP contribution >= 0.6 is 0 Å². The minimum Gasteiger partial charge on any atom is -0.308 e. The first kappa shape index (κ1) is 11.4. The molecule has 0 radical (unpaired) electrons. The van der Waals surface area contributed by atoms with Crippen LogP contribution in [0.4, 0.5) is 0 Å². The van der Waals surface area contributed by atoms with Crippen LogP contribution in [-0.2, 0) is 6.54 Å². The van der Waals surface area contributed by atoms with E-state index in [2.05, 4.69) is 33.9 Å². The van der Waals surface area contributed by atoms with Gasteiger partial charge in [-0.2, -0.15) is 5.10 Å². The zero-order chi connectivity index (χ0) is 11.2. The number of rotatable bonds is 5. The summed E-state index contributed by atoms with van der Waals surface area (Å²) in [6, 6.07) is 2.76. The van der Waals surface area contributed by atoms with Gasteiger partial charge in [0.15, 0.2) is 0 Å². The lowest BCUT2D eigenvalue weighted by atomic mass is 9.96. The van der Waals surface area contributed by atoms with Gasteiger partial charge in [0.1, 0.15) is 0 Å². The Bertz CT molecular complexity index is 324. The van der Waals surface area contributed by atoms with Crippen molar-refractivity contribution in [3.8, 4) is 0 Å². The standard InChI is InChI=1S/C13H21N3/c1-2-9-14-11-12-8-10-16(15-12)13-6-4-3-5-7-13/h2,8,10,13-14H,1,3-7,9,11H2. The van der Waals surface area contributed by atoms with Gasteiger partial charge in [-0.1, -0.05) is 25.3 Å². The van der Waals surface area contributed by atoms with Gasteiger partial charge in [0, 0.05) is 19.3 Å². The Kier molecular flexibility index (Phi) is 4.17. The van der Waals surface area contributed by atoms with Crippen molar-refractivity contribution in [1.29, 1.82) is 0 Å². The highest BCUT2D eigenvalue weighted by Gasteiger charge is 2.15. The van der Waals surface area contributed by atoms with Crippen LogP contribution in [0.25, 0.3) is 0 Å². The molecule has 0 atom stereocenters. The van der Waals surface area contributed by atoms with Crippen molar-refractivity contribution in [2.75, 3.05) is 6.54 Å². The van der Waals surface area contributed by atoms with E-state index >= 15 is 0 Å². The smallest absolute Gasteiger partial charge is 0.0762 e. The number of hydrogen-bond donors (Lipinski definition) is 1. The van der Waals surface area contributed by atoms with Gasteiger partial charge in [0.25, 0.3) is 0 Å². The third-order valence-electron chi connectivity index (χ3n) is 3.21. The summed E-state index contributed by atoms with van der Waals surface area (Å²) in [6.45, 7) is 5.36. The fourth-order valence-corrected chi connectivity index (χ4v) is 2.32. The summed E-state index contributed by atoms with van der Waals surface area (Å²) in [4.78, 5) is 0. The summed E-state index contributed by atoms with van der Waals surface area (Å²) in [5.41, 5.74) is 1.13. The van der Waals surface area contributed by atoms with Crippen LogP contribution in [-0.4, -0.2) is 16.3 Å². The second-order valence-electron chi connectivity index (χ2n) is 4.50. The summed E-state index contributed by atoms with van der Waals surface area (Å²) in [7, 11) is 0. The van der Waals surface area contributed by atoms with Gasteiger partial charge in [-0.05, 0) is 18.9 Å². The van der Waals surface area contributed by atoms with Crippen molar-refractivity contribution < 1.29 is 0 Å². The number of nitrogens with zero attached hydrogens (tertiary/aromatic N) is 2. The highest BCUT2D eigenvalue weighted by Crippen LogP contribution is 2.27. The van der Waals surface area contributed by atoms with Crippen molar-refractivity contribution in [2.24, 2.45) is 0 Å². The second kappa shape index (κ2) is 5.85. The summed E-state index contributed by atoms with van der Waals surface area (Å²) in [6.07, 6.45) is 10.7. The van der Waals surface area contributed by atoms with Gasteiger partial charge in [-0.15, -0.1) is 6.58 Å². The Morgan fingerprint density at radius 1 is 1.44 bits per heavy atom. The summed E-state index contributed by atoms with van der Waals surface area (Å²) < 4.78 is 2.16. The first-order chi connectivity index (χ1) is 7.90. The molecule has 0 spiro atoms. The molecule has 1 aromatic rings. The lowest BCUT2D eigenvalue weighted by Crippen LogP contribution is -2.16. The predicted octanol–water partition coefficient (Wildman–Crippen LogP) is 2.66. The Morgan fingerprint density at radius 2 is 2.25 bits per heavy atom. The van der Waals surface area contributed by atoms with Crippen molar-refractivity contribution in [3.05, 3.63) is 30.6 Å². The molecule has 1 N–H and O–H groups in total. The minimum atomic E-state index is 0.641. The van der Waals surface area contributed by atoms with Gasteiger partial charge in [0.2, 0.25) is 0 Å². The minimum absolute atomic E-state index is 0.641. The van der Waals surface area contributed by atoms with Crippen molar-refractivity contribution in [2.45, 2.75) is 44.7 Å². The molecule has 3 nitrogen and oxygen atoms in total. The molecule has 1 heterocycles. The molecule has 16 heavy (non-hydrogen) atoms. The average Bonchev–Trinajstić information content (AvgIpc) is 2.79. The molecule has 1 aromatic heterocycles. The molecular weight excluding hydrogens is 198 g/mol. The van der Waals surface area contributed by atoms with Gasteiger partial charge in [-0.25, -0.2) is 0 Å². The fraction of sp³-hybridized carbons (Fsp3) is 0.615. The van der Waals surface area contributed by atoms with E-state index in [4.69, 9.17) is 0 Å². The van der Waals surface area contributed by atoms with Gasteiger partial charge in [-0.3, -0.25) is 4.68 Å². The SMILES string of the molecule is C=CCNCc1ccn(C2CCCCC2)n1. The van der Waals surface area contributed by atoms with Crippen LogP contribution < -0.4 is 5.32 Å². The maximum Gasteiger partial charge on any atom is 0.0762 e. The normalized spacial score (nSPS) is 17.5. The molecule has 1 aliphatic carbocycles. The average molecular weight is 219 g/mol. The van der Waals surface area contributed by atoms with Crippen LogP contribution in [0.15, 0.2) is 24.9 Å². The first-order valence-electron chi connectivity index (χ1n) is 6.26. The lowest BCUT2D eigenvalue weighted by Gasteiger charge is -2.21. The van der Waals surface area contributed by atoms with Gasteiger partial charge >= 0.3 is 0 Å². The van der Waals surface area contributed by atoms with Crippen LogP contribution in [0.3, 0.4) is 0 Å². The van der Waals surface area contributed by atoms with E-state index in [-0.39, 0.29) is 0 Å². The van der Waals surface area contributed by atoms with E-state index < -0.39 is 0 Å². The molecule has 3 heteroatoms. The third-order valence-corrected chi connectivity index (χ3v) is 3.21. The molecule has 0 unspecified atom stereocenters. The molecule has 0 saturated heterocycles. The van der Waals surface area contributed by atoms with Crippen molar-refractivity contribution in [3.63, 3.8) is 0 Å². The molecular formula is C13H21N3. The highest BCUT2D eigenvalue weighted by atomic mass is 15.3.